The summed E-state index contributed by atoms with van der Waals surface area (Å²) in [6, 6.07) is 18.0. The molecular formula is C16H17N3. The van der Waals surface area contributed by atoms with Crippen LogP contribution in [0.3, 0.4) is 0 Å². The van der Waals surface area contributed by atoms with E-state index in [1.165, 1.54) is 5.56 Å². The number of rotatable bonds is 4. The monoisotopic (exact) mass is 251 g/mol. The molecule has 3 heteroatoms. The van der Waals surface area contributed by atoms with Gasteiger partial charge in [0.25, 0.3) is 0 Å². The SMILES string of the molecule is CN(CCc1ccccc1)c1cccc(C#N)c1N. The predicted molar refractivity (Wildman–Crippen MR) is 79.0 cm³/mol. The quantitative estimate of drug-likeness (QED) is 0.850. The Morgan fingerprint density at radius 1 is 1.11 bits per heavy atom. The maximum absolute atomic E-state index is 8.98. The third-order valence-corrected chi connectivity index (χ3v) is 3.19. The molecule has 0 bridgehead atoms. The largest absolute Gasteiger partial charge is 0.396 e. The molecule has 2 aromatic carbocycles. The molecule has 0 radical (unpaired) electrons. The lowest BCUT2D eigenvalue weighted by molar-refractivity contribution is 0.878. The molecule has 0 unspecified atom stereocenters. The summed E-state index contributed by atoms with van der Waals surface area (Å²) in [5, 5.41) is 8.98. The van der Waals surface area contributed by atoms with Crippen LogP contribution in [0.5, 0.6) is 0 Å². The molecule has 0 aromatic heterocycles. The van der Waals surface area contributed by atoms with E-state index in [-0.39, 0.29) is 0 Å². The van der Waals surface area contributed by atoms with Crippen molar-refractivity contribution in [3.8, 4) is 6.07 Å². The highest BCUT2D eigenvalue weighted by Crippen LogP contribution is 2.25. The molecule has 19 heavy (non-hydrogen) atoms. The van der Waals surface area contributed by atoms with Crippen LogP contribution < -0.4 is 10.6 Å². The number of benzene rings is 2. The smallest absolute Gasteiger partial charge is 0.101 e. The Hall–Kier alpha value is -2.47. The van der Waals surface area contributed by atoms with Crippen LogP contribution in [0.4, 0.5) is 11.4 Å². The van der Waals surface area contributed by atoms with Crippen molar-refractivity contribution in [3.63, 3.8) is 0 Å². The number of nitrogen functional groups attached to an aromatic ring is 1. The zero-order valence-corrected chi connectivity index (χ0v) is 11.0. The minimum Gasteiger partial charge on any atom is -0.396 e. The maximum atomic E-state index is 8.98. The topological polar surface area (TPSA) is 53.0 Å². The summed E-state index contributed by atoms with van der Waals surface area (Å²) >= 11 is 0. The van der Waals surface area contributed by atoms with Gasteiger partial charge in [-0.3, -0.25) is 0 Å². The average molecular weight is 251 g/mol. The van der Waals surface area contributed by atoms with Crippen LogP contribution in [0, 0.1) is 11.3 Å². The van der Waals surface area contributed by atoms with Gasteiger partial charge in [-0.2, -0.15) is 5.26 Å². The van der Waals surface area contributed by atoms with Crippen LogP contribution in [0.15, 0.2) is 48.5 Å². The zero-order valence-electron chi connectivity index (χ0n) is 11.0. The molecule has 0 saturated heterocycles. The number of nitrogens with zero attached hydrogens (tertiary/aromatic N) is 2. The summed E-state index contributed by atoms with van der Waals surface area (Å²) < 4.78 is 0. The first kappa shape index (κ1) is 13.0. The molecule has 3 nitrogen and oxygen atoms in total. The van der Waals surface area contributed by atoms with Crippen LogP contribution in [0.2, 0.25) is 0 Å². The summed E-state index contributed by atoms with van der Waals surface area (Å²) in [7, 11) is 2.00. The van der Waals surface area contributed by atoms with E-state index in [4.69, 9.17) is 11.0 Å². The average Bonchev–Trinajstić information content (AvgIpc) is 2.46. The molecule has 0 aliphatic carbocycles. The summed E-state index contributed by atoms with van der Waals surface area (Å²) in [6.45, 7) is 0.864. The molecular weight excluding hydrogens is 234 g/mol. The van der Waals surface area contributed by atoms with Gasteiger partial charge in [-0.1, -0.05) is 36.4 Å². The van der Waals surface area contributed by atoms with Crippen LogP contribution in [-0.4, -0.2) is 13.6 Å². The van der Waals surface area contributed by atoms with Crippen molar-refractivity contribution >= 4 is 11.4 Å². The normalized spacial score (nSPS) is 9.89. The lowest BCUT2D eigenvalue weighted by Crippen LogP contribution is -2.21. The maximum Gasteiger partial charge on any atom is 0.101 e. The van der Waals surface area contributed by atoms with Crippen molar-refractivity contribution in [2.24, 2.45) is 0 Å². The zero-order chi connectivity index (χ0) is 13.7. The van der Waals surface area contributed by atoms with Crippen molar-refractivity contribution in [2.45, 2.75) is 6.42 Å². The van der Waals surface area contributed by atoms with E-state index in [0.29, 0.717) is 11.3 Å². The molecule has 0 aliphatic rings. The fourth-order valence-electron chi connectivity index (χ4n) is 2.05. The van der Waals surface area contributed by atoms with Crippen molar-refractivity contribution < 1.29 is 0 Å². The van der Waals surface area contributed by atoms with Gasteiger partial charge >= 0.3 is 0 Å². The van der Waals surface area contributed by atoms with E-state index >= 15 is 0 Å². The molecule has 2 N–H and O–H groups in total. The van der Waals surface area contributed by atoms with E-state index in [0.717, 1.165) is 18.7 Å². The first-order valence-electron chi connectivity index (χ1n) is 6.26. The number of hydrogen-bond donors (Lipinski definition) is 1. The van der Waals surface area contributed by atoms with Crippen LogP contribution >= 0.6 is 0 Å². The van der Waals surface area contributed by atoms with Gasteiger partial charge < -0.3 is 10.6 Å². The van der Waals surface area contributed by atoms with E-state index in [1.807, 2.05) is 37.4 Å². The second-order valence-electron chi connectivity index (χ2n) is 4.51. The molecule has 96 valence electrons. The minimum atomic E-state index is 0.532. The van der Waals surface area contributed by atoms with Gasteiger partial charge in [0.2, 0.25) is 0 Å². The van der Waals surface area contributed by atoms with Crippen LogP contribution in [0.25, 0.3) is 0 Å². The first-order valence-corrected chi connectivity index (χ1v) is 6.26. The molecule has 2 aromatic rings. The number of hydrogen-bond acceptors (Lipinski definition) is 3. The Labute approximate surface area is 113 Å². The highest BCUT2D eigenvalue weighted by Gasteiger charge is 2.08. The van der Waals surface area contributed by atoms with Crippen LogP contribution in [0.1, 0.15) is 11.1 Å². The van der Waals surface area contributed by atoms with Gasteiger partial charge in [-0.05, 0) is 24.1 Å². The summed E-state index contributed by atoms with van der Waals surface area (Å²) in [6.07, 6.45) is 0.952. The third-order valence-electron chi connectivity index (χ3n) is 3.19. The highest BCUT2D eigenvalue weighted by atomic mass is 15.1. The van der Waals surface area contributed by atoms with Gasteiger partial charge in [0, 0.05) is 13.6 Å². The summed E-state index contributed by atoms with van der Waals surface area (Å²) in [5.41, 5.74) is 9.29. The Kier molecular flexibility index (Phi) is 4.04. The standard InChI is InChI=1S/C16H17N3/c1-19(11-10-13-6-3-2-4-7-13)15-9-5-8-14(12-17)16(15)18/h2-9H,10-11,18H2,1H3. The lowest BCUT2D eigenvalue weighted by atomic mass is 10.1. The van der Waals surface area contributed by atoms with Gasteiger partial charge in [-0.15, -0.1) is 0 Å². The van der Waals surface area contributed by atoms with Gasteiger partial charge in [-0.25, -0.2) is 0 Å². The molecule has 0 saturated carbocycles. The summed E-state index contributed by atoms with van der Waals surface area (Å²) in [4.78, 5) is 2.09. The van der Waals surface area contributed by atoms with Crippen molar-refractivity contribution in [3.05, 3.63) is 59.7 Å². The lowest BCUT2D eigenvalue weighted by Gasteiger charge is -2.21. The number of likely N-dealkylation sites (N-methyl/N-ethyl adjacent to an activating group) is 1. The Bertz CT molecular complexity index is 585. The number of nitriles is 1. The second-order valence-corrected chi connectivity index (χ2v) is 4.51. The fourth-order valence-corrected chi connectivity index (χ4v) is 2.05. The molecule has 0 atom stereocenters. The first-order chi connectivity index (χ1) is 9.22. The Balaban J connectivity index is 2.09. The van der Waals surface area contributed by atoms with E-state index in [9.17, 15) is 0 Å². The number of anilines is 2. The highest BCUT2D eigenvalue weighted by molar-refractivity contribution is 5.73. The number of nitrogens with two attached hydrogens (primary N) is 1. The molecule has 0 aliphatic heterocycles. The summed E-state index contributed by atoms with van der Waals surface area (Å²) in [5.74, 6) is 0. The van der Waals surface area contributed by atoms with E-state index in [1.54, 1.807) is 6.07 Å². The Morgan fingerprint density at radius 2 is 1.84 bits per heavy atom. The molecule has 0 amide bonds. The van der Waals surface area contributed by atoms with Crippen molar-refractivity contribution in [1.82, 2.24) is 0 Å². The molecule has 2 rings (SSSR count). The second kappa shape index (κ2) is 5.92. The van der Waals surface area contributed by atoms with E-state index < -0.39 is 0 Å². The molecule has 0 heterocycles. The van der Waals surface area contributed by atoms with Gasteiger partial charge in [0.15, 0.2) is 0 Å². The van der Waals surface area contributed by atoms with Crippen LogP contribution in [-0.2, 0) is 6.42 Å². The van der Waals surface area contributed by atoms with Gasteiger partial charge in [0.05, 0.1) is 16.9 Å². The molecule has 0 fully saturated rings. The molecule has 0 spiro atoms. The number of para-hydroxylation sites is 1. The van der Waals surface area contributed by atoms with E-state index in [2.05, 4.69) is 23.1 Å². The van der Waals surface area contributed by atoms with Gasteiger partial charge in [0.1, 0.15) is 6.07 Å². The minimum absolute atomic E-state index is 0.532. The van der Waals surface area contributed by atoms with Crippen molar-refractivity contribution in [1.29, 1.82) is 5.26 Å². The van der Waals surface area contributed by atoms with Crippen molar-refractivity contribution in [2.75, 3.05) is 24.2 Å². The Morgan fingerprint density at radius 3 is 2.53 bits per heavy atom. The predicted octanol–water partition coefficient (Wildman–Crippen LogP) is 2.82. The fraction of sp³-hybridized carbons (Fsp3) is 0.188. The third kappa shape index (κ3) is 3.05.